The summed E-state index contributed by atoms with van der Waals surface area (Å²) in [4.78, 5) is 15.9. The third-order valence-corrected chi connectivity index (χ3v) is 0.910. The molecule has 8 heavy (non-hydrogen) atoms. The molecule has 0 spiro atoms. The lowest BCUT2D eigenvalue weighted by molar-refractivity contribution is 1.05. The van der Waals surface area contributed by atoms with E-state index in [9.17, 15) is 4.79 Å². The highest BCUT2D eigenvalue weighted by atomic mass is 79.9. The molecule has 1 heterocycles. The average Bonchev–Trinajstić information content (AvgIpc) is 1.82. The molecule has 0 aliphatic carbocycles. The number of hydrogen-bond donors (Lipinski definition) is 1. The summed E-state index contributed by atoms with van der Waals surface area (Å²) in [6.45, 7) is 0. The van der Waals surface area contributed by atoms with Gasteiger partial charge in [-0.2, -0.15) is 4.98 Å². The van der Waals surface area contributed by atoms with Crippen molar-refractivity contribution in [3.05, 3.63) is 27.3 Å². The smallest absolute Gasteiger partial charge is 0.313 e. The van der Waals surface area contributed by atoms with Crippen LogP contribution in [0.3, 0.4) is 0 Å². The van der Waals surface area contributed by atoms with Gasteiger partial charge in [-0.15, -0.1) is 0 Å². The number of H-pyrrole nitrogens is 1. The fourth-order valence-electron chi connectivity index (χ4n) is 0.281. The predicted molar refractivity (Wildman–Crippen MR) is 32.6 cm³/mol. The van der Waals surface area contributed by atoms with Crippen LogP contribution in [-0.2, 0) is 0 Å². The van der Waals surface area contributed by atoms with Gasteiger partial charge in [0.2, 0.25) is 0 Å². The zero-order chi connectivity index (χ0) is 7.72. The highest BCUT2D eigenvalue weighted by molar-refractivity contribution is 9.10. The Balaban J connectivity index is 3.46. The molecule has 0 amide bonds. The van der Waals surface area contributed by atoms with E-state index < -0.39 is 5.69 Å². The Morgan fingerprint density at radius 3 is 3.38 bits per heavy atom. The van der Waals surface area contributed by atoms with Gasteiger partial charge in [0.15, 0.2) is 0 Å². The van der Waals surface area contributed by atoms with Crippen molar-refractivity contribution in [2.75, 3.05) is 0 Å². The Bertz CT molecular complexity index is 284. The molecule has 42 valence electrons. The number of hydrogen-bond acceptors (Lipinski definition) is 2. The van der Waals surface area contributed by atoms with Gasteiger partial charge >= 0.3 is 5.69 Å². The molecule has 0 radical (unpaired) electrons. The SMILES string of the molecule is [2H]c1[nH]c(=O)nc(Br)c1[2H]. The standard InChI is InChI=1S/C4H3BrN2O/c5-3-1-2-6-4(8)7-3/h1-2H,(H,6,7,8)/i1D,2D. The van der Waals surface area contributed by atoms with E-state index >= 15 is 0 Å². The minimum absolute atomic E-state index is 0.0984. The first-order valence-electron chi connectivity index (χ1n) is 2.84. The van der Waals surface area contributed by atoms with Crippen molar-refractivity contribution in [3.8, 4) is 0 Å². The molecule has 0 saturated carbocycles. The fourth-order valence-corrected chi connectivity index (χ4v) is 0.542. The largest absolute Gasteiger partial charge is 0.345 e. The fraction of sp³-hybridized carbons (Fsp3) is 0. The number of halogens is 1. The van der Waals surface area contributed by atoms with Crippen LogP contribution in [-0.4, -0.2) is 9.97 Å². The molecule has 0 saturated heterocycles. The summed E-state index contributed by atoms with van der Waals surface area (Å²) in [5.74, 6) is 0. The summed E-state index contributed by atoms with van der Waals surface area (Å²) >= 11 is 2.86. The van der Waals surface area contributed by atoms with Gasteiger partial charge in [0.1, 0.15) is 4.60 Å². The zero-order valence-electron chi connectivity index (χ0n) is 5.73. The minimum atomic E-state index is -0.618. The normalized spacial score (nSPS) is 12.6. The van der Waals surface area contributed by atoms with Crippen molar-refractivity contribution in [2.45, 2.75) is 0 Å². The molecule has 1 aromatic heterocycles. The van der Waals surface area contributed by atoms with E-state index in [1.807, 2.05) is 0 Å². The Morgan fingerprint density at radius 2 is 2.75 bits per heavy atom. The van der Waals surface area contributed by atoms with Crippen LogP contribution in [0.1, 0.15) is 2.74 Å². The van der Waals surface area contributed by atoms with E-state index in [-0.39, 0.29) is 16.8 Å². The van der Waals surface area contributed by atoms with Gasteiger partial charge in [-0.25, -0.2) is 4.79 Å². The maximum absolute atomic E-state index is 10.5. The van der Waals surface area contributed by atoms with E-state index in [2.05, 4.69) is 25.9 Å². The van der Waals surface area contributed by atoms with Crippen LogP contribution in [0.4, 0.5) is 0 Å². The molecule has 0 bridgehead atoms. The Morgan fingerprint density at radius 1 is 2.00 bits per heavy atom. The van der Waals surface area contributed by atoms with Gasteiger partial charge in [0.25, 0.3) is 0 Å². The van der Waals surface area contributed by atoms with E-state index in [1.165, 1.54) is 0 Å². The second-order valence-corrected chi connectivity index (χ2v) is 1.83. The summed E-state index contributed by atoms with van der Waals surface area (Å²) in [6, 6.07) is -0.111. The van der Waals surface area contributed by atoms with Crippen molar-refractivity contribution in [3.63, 3.8) is 0 Å². The van der Waals surface area contributed by atoms with Gasteiger partial charge in [0, 0.05) is 6.17 Å². The highest BCUT2D eigenvalue weighted by Crippen LogP contribution is 1.96. The Hall–Kier alpha value is -0.640. The van der Waals surface area contributed by atoms with Gasteiger partial charge < -0.3 is 4.98 Å². The summed E-state index contributed by atoms with van der Waals surface area (Å²) < 4.78 is 14.2. The molecular weight excluding hydrogens is 172 g/mol. The van der Waals surface area contributed by atoms with Crippen LogP contribution in [0.15, 0.2) is 21.6 Å². The van der Waals surface area contributed by atoms with E-state index in [0.717, 1.165) is 0 Å². The molecule has 0 atom stereocenters. The molecule has 0 unspecified atom stereocenters. The van der Waals surface area contributed by atoms with Crippen molar-refractivity contribution >= 4 is 15.9 Å². The summed E-state index contributed by atoms with van der Waals surface area (Å²) in [6.07, 6.45) is -0.230. The number of aromatic nitrogens is 2. The quantitative estimate of drug-likeness (QED) is 0.587. The van der Waals surface area contributed by atoms with Crippen molar-refractivity contribution in [2.24, 2.45) is 0 Å². The maximum atomic E-state index is 10.5. The lowest BCUT2D eigenvalue weighted by Gasteiger charge is -1.80. The zero-order valence-corrected chi connectivity index (χ0v) is 5.32. The second-order valence-electron chi connectivity index (χ2n) is 1.08. The van der Waals surface area contributed by atoms with Crippen molar-refractivity contribution < 1.29 is 2.74 Å². The summed E-state index contributed by atoms with van der Waals surface area (Å²) in [5, 5.41) is 0. The van der Waals surface area contributed by atoms with E-state index in [0.29, 0.717) is 0 Å². The van der Waals surface area contributed by atoms with E-state index in [1.54, 1.807) is 0 Å². The molecule has 0 aliphatic heterocycles. The van der Waals surface area contributed by atoms with Gasteiger partial charge in [-0.05, 0) is 22.0 Å². The Kier molecular flexibility index (Phi) is 0.886. The van der Waals surface area contributed by atoms with Crippen LogP contribution in [0.2, 0.25) is 0 Å². The third kappa shape index (κ3) is 1.16. The number of nitrogens with one attached hydrogen (secondary N) is 1. The Labute approximate surface area is 56.7 Å². The molecule has 1 rings (SSSR count). The molecule has 3 nitrogen and oxygen atoms in total. The molecule has 0 aliphatic rings. The molecule has 0 fully saturated rings. The second kappa shape index (κ2) is 2.09. The maximum Gasteiger partial charge on any atom is 0.345 e. The number of rotatable bonds is 0. The summed E-state index contributed by atoms with van der Waals surface area (Å²) in [7, 11) is 0. The lowest BCUT2D eigenvalue weighted by atomic mass is 10.7. The van der Waals surface area contributed by atoms with Gasteiger partial charge in [-0.1, -0.05) is 0 Å². The third-order valence-electron chi connectivity index (χ3n) is 0.535. The van der Waals surface area contributed by atoms with Crippen LogP contribution in [0.5, 0.6) is 0 Å². The van der Waals surface area contributed by atoms with Crippen LogP contribution in [0.25, 0.3) is 0 Å². The molecule has 1 N–H and O–H groups in total. The van der Waals surface area contributed by atoms with Crippen LogP contribution in [0, 0.1) is 0 Å². The van der Waals surface area contributed by atoms with E-state index in [4.69, 9.17) is 2.74 Å². The molecular formula is C4H3BrN2O. The minimum Gasteiger partial charge on any atom is -0.313 e. The van der Waals surface area contributed by atoms with Gasteiger partial charge in [-0.3, -0.25) is 0 Å². The number of aromatic amines is 1. The van der Waals surface area contributed by atoms with Crippen LogP contribution >= 0.6 is 15.9 Å². The highest BCUT2D eigenvalue weighted by Gasteiger charge is 1.83. The molecule has 1 aromatic rings. The number of nitrogens with zero attached hydrogens (tertiary/aromatic N) is 1. The first kappa shape index (κ1) is 3.40. The summed E-state index contributed by atoms with van der Waals surface area (Å²) in [5.41, 5.74) is -0.618. The van der Waals surface area contributed by atoms with Crippen LogP contribution < -0.4 is 5.69 Å². The first-order valence-corrected chi connectivity index (χ1v) is 2.63. The van der Waals surface area contributed by atoms with Gasteiger partial charge in [0.05, 0.1) is 2.74 Å². The average molecular weight is 177 g/mol. The monoisotopic (exact) mass is 176 g/mol. The molecule has 4 heteroatoms. The lowest BCUT2D eigenvalue weighted by Crippen LogP contribution is -2.07. The van der Waals surface area contributed by atoms with Crippen molar-refractivity contribution in [1.29, 1.82) is 0 Å². The topological polar surface area (TPSA) is 45.8 Å². The first-order chi connectivity index (χ1) is 4.61. The molecule has 0 aromatic carbocycles. The van der Waals surface area contributed by atoms with Crippen molar-refractivity contribution in [1.82, 2.24) is 9.97 Å². The predicted octanol–water partition coefficient (Wildman–Crippen LogP) is 0.532.